The van der Waals surface area contributed by atoms with E-state index >= 15 is 0 Å². The molecule has 0 atom stereocenters. The Morgan fingerprint density at radius 1 is 0.765 bits per heavy atom. The highest BCUT2D eigenvalue weighted by Gasteiger charge is 2.10. The number of rotatable bonds is 1. The van der Waals surface area contributed by atoms with Gasteiger partial charge in [-0.05, 0) is 10.8 Å². The highest BCUT2D eigenvalue weighted by molar-refractivity contribution is 6.19. The predicted octanol–water partition coefficient (Wildman–Crippen LogP) is 3.39. The predicted molar refractivity (Wildman–Crippen MR) is 71.3 cm³/mol. The van der Waals surface area contributed by atoms with E-state index in [2.05, 4.69) is 0 Å². The molecular formula is C15H11NO. The summed E-state index contributed by atoms with van der Waals surface area (Å²) in [5.41, 5.74) is 7.61. The molecule has 0 aliphatic carbocycles. The Balaban J connectivity index is 2.68. The molecule has 0 aliphatic heterocycles. The molecule has 3 aromatic rings. The van der Waals surface area contributed by atoms with E-state index in [9.17, 15) is 4.79 Å². The first-order valence-corrected chi connectivity index (χ1v) is 5.47. The van der Waals surface area contributed by atoms with Gasteiger partial charge in [0, 0.05) is 22.0 Å². The van der Waals surface area contributed by atoms with E-state index in [0.29, 0.717) is 5.56 Å². The van der Waals surface area contributed by atoms with Gasteiger partial charge in [0.15, 0.2) is 6.29 Å². The van der Waals surface area contributed by atoms with Crippen molar-refractivity contribution in [2.75, 3.05) is 5.73 Å². The fourth-order valence-electron chi connectivity index (χ4n) is 2.32. The summed E-state index contributed by atoms with van der Waals surface area (Å²) in [6.07, 6.45) is 0.907. The highest BCUT2D eigenvalue weighted by Crippen LogP contribution is 2.33. The number of nitrogen functional groups attached to an aromatic ring is 1. The molecule has 0 heterocycles. The number of hydrogen-bond donors (Lipinski definition) is 1. The molecule has 0 aliphatic rings. The number of fused-ring (bicyclic) bond motifs is 2. The first-order chi connectivity index (χ1) is 8.33. The standard InChI is InChI=1S/C15H11NO/c16-15-12-7-3-1-5-10(12)14(9-17)11-6-2-4-8-13(11)15/h1-9H,16H2. The summed E-state index contributed by atoms with van der Waals surface area (Å²) < 4.78 is 0. The number of carbonyl (C=O) groups excluding carboxylic acids is 1. The highest BCUT2D eigenvalue weighted by atomic mass is 16.1. The first-order valence-electron chi connectivity index (χ1n) is 5.47. The minimum absolute atomic E-state index is 0.713. The lowest BCUT2D eigenvalue weighted by Gasteiger charge is -2.10. The summed E-state index contributed by atoms with van der Waals surface area (Å²) in [5, 5.41) is 3.71. The van der Waals surface area contributed by atoms with Crippen LogP contribution in [-0.2, 0) is 0 Å². The van der Waals surface area contributed by atoms with Crippen LogP contribution in [0.4, 0.5) is 5.69 Å². The molecule has 3 aromatic carbocycles. The molecule has 0 radical (unpaired) electrons. The smallest absolute Gasteiger partial charge is 0.151 e. The topological polar surface area (TPSA) is 43.1 Å². The van der Waals surface area contributed by atoms with Crippen LogP contribution in [0.5, 0.6) is 0 Å². The molecule has 3 rings (SSSR count). The van der Waals surface area contributed by atoms with Crippen molar-refractivity contribution in [1.29, 1.82) is 0 Å². The molecule has 0 spiro atoms. The third-order valence-electron chi connectivity index (χ3n) is 3.13. The summed E-state index contributed by atoms with van der Waals surface area (Å²) in [6, 6.07) is 15.5. The van der Waals surface area contributed by atoms with Gasteiger partial charge in [-0.15, -0.1) is 0 Å². The maximum Gasteiger partial charge on any atom is 0.151 e. The normalized spacial score (nSPS) is 10.8. The lowest BCUT2D eigenvalue weighted by Crippen LogP contribution is -1.94. The Hall–Kier alpha value is -2.35. The van der Waals surface area contributed by atoms with Crippen molar-refractivity contribution in [3.8, 4) is 0 Å². The van der Waals surface area contributed by atoms with Crippen LogP contribution in [0, 0.1) is 0 Å². The van der Waals surface area contributed by atoms with Crippen LogP contribution >= 0.6 is 0 Å². The lowest BCUT2D eigenvalue weighted by atomic mass is 9.96. The quantitative estimate of drug-likeness (QED) is 0.389. The monoisotopic (exact) mass is 221 g/mol. The lowest BCUT2D eigenvalue weighted by molar-refractivity contribution is 0.112. The molecule has 0 bridgehead atoms. The van der Waals surface area contributed by atoms with Crippen molar-refractivity contribution in [3.05, 3.63) is 54.1 Å². The summed E-state index contributed by atoms with van der Waals surface area (Å²) in [4.78, 5) is 11.3. The Morgan fingerprint density at radius 3 is 1.59 bits per heavy atom. The molecule has 0 saturated heterocycles. The maximum atomic E-state index is 11.3. The van der Waals surface area contributed by atoms with Crippen molar-refractivity contribution >= 4 is 33.5 Å². The molecule has 0 fully saturated rings. The van der Waals surface area contributed by atoms with Crippen molar-refractivity contribution in [3.63, 3.8) is 0 Å². The summed E-state index contributed by atoms with van der Waals surface area (Å²) >= 11 is 0. The van der Waals surface area contributed by atoms with E-state index < -0.39 is 0 Å². The van der Waals surface area contributed by atoms with Gasteiger partial charge in [-0.2, -0.15) is 0 Å². The second-order valence-corrected chi connectivity index (χ2v) is 4.04. The van der Waals surface area contributed by atoms with E-state index in [1.54, 1.807) is 0 Å². The van der Waals surface area contributed by atoms with Crippen LogP contribution in [0.15, 0.2) is 48.5 Å². The van der Waals surface area contributed by atoms with E-state index in [1.165, 1.54) is 0 Å². The Kier molecular flexibility index (Phi) is 2.08. The molecular weight excluding hydrogens is 210 g/mol. The first kappa shape index (κ1) is 9.85. The molecule has 0 unspecified atom stereocenters. The molecule has 82 valence electrons. The summed E-state index contributed by atoms with van der Waals surface area (Å²) in [6.45, 7) is 0. The van der Waals surface area contributed by atoms with E-state index in [-0.39, 0.29) is 0 Å². The molecule has 17 heavy (non-hydrogen) atoms. The van der Waals surface area contributed by atoms with Crippen molar-refractivity contribution in [1.82, 2.24) is 0 Å². The summed E-state index contributed by atoms with van der Waals surface area (Å²) in [7, 11) is 0. The van der Waals surface area contributed by atoms with Crippen LogP contribution in [0.1, 0.15) is 10.4 Å². The second kappa shape index (κ2) is 3.59. The Bertz CT molecular complexity index is 674. The number of aldehydes is 1. The van der Waals surface area contributed by atoms with E-state index in [4.69, 9.17) is 5.73 Å². The number of nitrogens with two attached hydrogens (primary N) is 1. The fraction of sp³-hybridized carbons (Fsp3) is 0. The van der Waals surface area contributed by atoms with Gasteiger partial charge in [0.05, 0.1) is 0 Å². The molecule has 2 nitrogen and oxygen atoms in total. The number of anilines is 1. The van der Waals surface area contributed by atoms with Crippen LogP contribution in [0.25, 0.3) is 21.5 Å². The SMILES string of the molecule is Nc1c2ccccc2c(C=O)c2ccccc12. The third kappa shape index (κ3) is 1.31. The van der Waals surface area contributed by atoms with Crippen LogP contribution < -0.4 is 5.73 Å². The molecule has 2 heteroatoms. The van der Waals surface area contributed by atoms with Crippen molar-refractivity contribution in [2.45, 2.75) is 0 Å². The largest absolute Gasteiger partial charge is 0.398 e. The van der Waals surface area contributed by atoms with Gasteiger partial charge < -0.3 is 5.73 Å². The molecule has 2 N–H and O–H groups in total. The van der Waals surface area contributed by atoms with Gasteiger partial charge in [-0.1, -0.05) is 48.5 Å². The zero-order valence-corrected chi connectivity index (χ0v) is 9.18. The molecule has 0 aromatic heterocycles. The van der Waals surface area contributed by atoms with E-state index in [0.717, 1.165) is 33.5 Å². The summed E-state index contributed by atoms with van der Waals surface area (Å²) in [5.74, 6) is 0. The van der Waals surface area contributed by atoms with E-state index in [1.807, 2.05) is 48.5 Å². The average molecular weight is 221 g/mol. The van der Waals surface area contributed by atoms with Gasteiger partial charge in [0.1, 0.15) is 0 Å². The Labute approximate surface area is 98.7 Å². The number of benzene rings is 3. The molecule has 0 amide bonds. The fourth-order valence-corrected chi connectivity index (χ4v) is 2.32. The second-order valence-electron chi connectivity index (χ2n) is 4.04. The Morgan fingerprint density at radius 2 is 1.18 bits per heavy atom. The van der Waals surface area contributed by atoms with Gasteiger partial charge >= 0.3 is 0 Å². The maximum absolute atomic E-state index is 11.3. The van der Waals surface area contributed by atoms with Gasteiger partial charge in [0.25, 0.3) is 0 Å². The number of hydrogen-bond acceptors (Lipinski definition) is 2. The average Bonchev–Trinajstić information content (AvgIpc) is 2.40. The van der Waals surface area contributed by atoms with Gasteiger partial charge in [-0.25, -0.2) is 0 Å². The van der Waals surface area contributed by atoms with Gasteiger partial charge in [0.2, 0.25) is 0 Å². The third-order valence-corrected chi connectivity index (χ3v) is 3.13. The number of carbonyl (C=O) groups is 1. The van der Waals surface area contributed by atoms with Crippen LogP contribution in [0.3, 0.4) is 0 Å². The van der Waals surface area contributed by atoms with Gasteiger partial charge in [-0.3, -0.25) is 4.79 Å². The van der Waals surface area contributed by atoms with Crippen molar-refractivity contribution < 1.29 is 4.79 Å². The molecule has 0 saturated carbocycles. The van der Waals surface area contributed by atoms with Crippen LogP contribution in [-0.4, -0.2) is 6.29 Å². The zero-order valence-electron chi connectivity index (χ0n) is 9.18. The van der Waals surface area contributed by atoms with Crippen LogP contribution in [0.2, 0.25) is 0 Å². The minimum Gasteiger partial charge on any atom is -0.398 e. The minimum atomic E-state index is 0.713. The van der Waals surface area contributed by atoms with Crippen molar-refractivity contribution in [2.24, 2.45) is 0 Å². The zero-order chi connectivity index (χ0) is 11.8.